The summed E-state index contributed by atoms with van der Waals surface area (Å²) >= 11 is 0. The molecule has 0 radical (unpaired) electrons. The van der Waals surface area contributed by atoms with E-state index >= 15 is 0 Å². The maximum Gasteiger partial charge on any atom is 0.326 e. The van der Waals surface area contributed by atoms with Gasteiger partial charge in [-0.25, -0.2) is 0 Å². The Morgan fingerprint density at radius 2 is 1.72 bits per heavy atom. The number of ether oxygens (including phenoxy) is 1. The molecule has 0 aromatic heterocycles. The summed E-state index contributed by atoms with van der Waals surface area (Å²) in [5.74, 6) is -1.83. The molecule has 134 valence electrons. The molecule has 0 saturated heterocycles. The summed E-state index contributed by atoms with van der Waals surface area (Å²) in [5.41, 5.74) is 1.83. The number of hydrogen-bond donors (Lipinski definition) is 1. The predicted octanol–water partition coefficient (Wildman–Crippen LogP) is 4.38. The van der Waals surface area contributed by atoms with E-state index in [1.807, 2.05) is 6.07 Å². The highest BCUT2D eigenvalue weighted by atomic mass is 16.5. The molecule has 0 aliphatic heterocycles. The summed E-state index contributed by atoms with van der Waals surface area (Å²) < 4.78 is 5.56. The van der Waals surface area contributed by atoms with Crippen LogP contribution < -0.4 is 4.74 Å². The first-order valence-electron chi connectivity index (χ1n) is 8.39. The Morgan fingerprint density at radius 1 is 1.08 bits per heavy atom. The molecule has 1 atom stereocenters. The molecule has 0 saturated carbocycles. The molecule has 1 unspecified atom stereocenters. The number of esters is 1. The monoisotopic (exact) mass is 342 g/mol. The third kappa shape index (κ3) is 4.38. The molecule has 0 fully saturated rings. The third-order valence-corrected chi connectivity index (χ3v) is 4.17. The molecular weight excluding hydrogens is 316 g/mol. The summed E-state index contributed by atoms with van der Waals surface area (Å²) in [6, 6.07) is 5.80. The Balaban J connectivity index is 2.35. The van der Waals surface area contributed by atoms with Gasteiger partial charge in [0.1, 0.15) is 17.4 Å². The summed E-state index contributed by atoms with van der Waals surface area (Å²) in [6.07, 6.45) is 3.74. The van der Waals surface area contributed by atoms with Crippen molar-refractivity contribution in [3.63, 3.8) is 0 Å². The van der Waals surface area contributed by atoms with Crippen LogP contribution in [0.4, 0.5) is 0 Å². The third-order valence-electron chi connectivity index (χ3n) is 4.17. The quantitative estimate of drug-likeness (QED) is 0.492. The van der Waals surface area contributed by atoms with Crippen LogP contribution in [0.25, 0.3) is 0 Å². The van der Waals surface area contributed by atoms with Gasteiger partial charge in [0.25, 0.3) is 0 Å². The summed E-state index contributed by atoms with van der Waals surface area (Å²) in [6.45, 7) is 12.6. The number of benzene rings is 1. The highest BCUT2D eigenvalue weighted by Gasteiger charge is 2.30. The first-order chi connectivity index (χ1) is 11.4. The highest BCUT2D eigenvalue weighted by Crippen LogP contribution is 2.36. The van der Waals surface area contributed by atoms with E-state index in [4.69, 9.17) is 4.74 Å². The van der Waals surface area contributed by atoms with Crippen molar-refractivity contribution < 1.29 is 19.4 Å². The molecule has 0 bridgehead atoms. The van der Waals surface area contributed by atoms with E-state index < -0.39 is 17.7 Å². The van der Waals surface area contributed by atoms with Gasteiger partial charge in [0.2, 0.25) is 0 Å². The molecule has 0 heterocycles. The summed E-state index contributed by atoms with van der Waals surface area (Å²) in [7, 11) is 0. The second kappa shape index (κ2) is 6.51. The van der Waals surface area contributed by atoms with Crippen molar-refractivity contribution in [2.24, 2.45) is 5.92 Å². The Bertz CT molecular complexity index is 755. The Kier molecular flexibility index (Phi) is 4.94. The van der Waals surface area contributed by atoms with Crippen molar-refractivity contribution in [3.05, 3.63) is 53.3 Å². The lowest BCUT2D eigenvalue weighted by Crippen LogP contribution is -2.28. The molecule has 1 N–H and O–H groups in total. The number of aliphatic hydroxyl groups is 1. The van der Waals surface area contributed by atoms with Gasteiger partial charge in [-0.05, 0) is 28.5 Å². The summed E-state index contributed by atoms with van der Waals surface area (Å²) in [5, 5.41) is 9.33. The van der Waals surface area contributed by atoms with E-state index in [1.54, 1.807) is 6.07 Å². The van der Waals surface area contributed by atoms with Gasteiger partial charge in [-0.2, -0.15) is 0 Å². The molecule has 1 aromatic rings. The van der Waals surface area contributed by atoms with Gasteiger partial charge < -0.3 is 9.84 Å². The average Bonchev–Trinajstić information content (AvgIpc) is 2.45. The molecule has 4 nitrogen and oxygen atoms in total. The Labute approximate surface area is 149 Å². The van der Waals surface area contributed by atoms with Crippen LogP contribution in [0.1, 0.15) is 52.7 Å². The number of allylic oxidation sites excluding steroid dienone is 2. The minimum absolute atomic E-state index is 0.0209. The maximum atomic E-state index is 12.4. The molecule has 25 heavy (non-hydrogen) atoms. The average molecular weight is 342 g/mol. The largest absolute Gasteiger partial charge is 0.508 e. The molecule has 0 spiro atoms. The van der Waals surface area contributed by atoms with Crippen molar-refractivity contribution >= 4 is 11.8 Å². The van der Waals surface area contributed by atoms with E-state index in [9.17, 15) is 14.7 Å². The minimum Gasteiger partial charge on any atom is -0.508 e. The van der Waals surface area contributed by atoms with Crippen LogP contribution in [0.2, 0.25) is 0 Å². The molecular formula is C21H26O4. The van der Waals surface area contributed by atoms with Crippen molar-refractivity contribution in [1.29, 1.82) is 0 Å². The van der Waals surface area contributed by atoms with Gasteiger partial charge >= 0.3 is 5.97 Å². The first kappa shape index (κ1) is 19.0. The van der Waals surface area contributed by atoms with E-state index in [-0.39, 0.29) is 16.6 Å². The Morgan fingerprint density at radius 3 is 2.24 bits per heavy atom. The number of rotatable bonds is 2. The maximum absolute atomic E-state index is 12.4. The normalized spacial score (nSPS) is 18.1. The van der Waals surface area contributed by atoms with Crippen LogP contribution in [0.3, 0.4) is 0 Å². The predicted molar refractivity (Wildman–Crippen MR) is 97.8 cm³/mol. The zero-order chi connectivity index (χ0) is 19.0. The van der Waals surface area contributed by atoms with Crippen LogP contribution in [-0.2, 0) is 20.4 Å². The first-order valence-corrected chi connectivity index (χ1v) is 8.39. The van der Waals surface area contributed by atoms with Gasteiger partial charge in [0.15, 0.2) is 5.78 Å². The van der Waals surface area contributed by atoms with Crippen molar-refractivity contribution in [1.82, 2.24) is 0 Å². The van der Waals surface area contributed by atoms with Crippen molar-refractivity contribution in [2.75, 3.05) is 0 Å². The summed E-state index contributed by atoms with van der Waals surface area (Å²) in [4.78, 5) is 24.4. The van der Waals surface area contributed by atoms with Crippen molar-refractivity contribution in [3.8, 4) is 5.75 Å². The minimum atomic E-state index is -1.02. The van der Waals surface area contributed by atoms with Gasteiger partial charge in [-0.15, -0.1) is 0 Å². The lowest BCUT2D eigenvalue weighted by Gasteiger charge is -2.27. The second-order valence-corrected chi connectivity index (χ2v) is 8.44. The highest BCUT2D eigenvalue weighted by molar-refractivity contribution is 6.08. The molecule has 1 aromatic carbocycles. The molecule has 1 aliphatic rings. The topological polar surface area (TPSA) is 63.6 Å². The standard InChI is InChI=1S/C21H26O4/c1-20(2,3)13-7-10-18(16(11-13)21(4,5)6)25-19(24)15-9-8-14(22)12-17(15)23/h7-12,15,22H,1-6H3. The van der Waals surface area contributed by atoms with Gasteiger partial charge in [0, 0.05) is 11.6 Å². The van der Waals surface area contributed by atoms with Gasteiger partial charge in [0.05, 0.1) is 0 Å². The lowest BCUT2D eigenvalue weighted by molar-refractivity contribution is -0.140. The number of ketones is 1. The number of hydrogen-bond acceptors (Lipinski definition) is 4. The molecule has 0 amide bonds. The fourth-order valence-corrected chi connectivity index (χ4v) is 2.61. The van der Waals surface area contributed by atoms with Crippen LogP contribution in [0, 0.1) is 5.92 Å². The van der Waals surface area contributed by atoms with Crippen LogP contribution >= 0.6 is 0 Å². The van der Waals surface area contributed by atoms with E-state index in [2.05, 4.69) is 47.6 Å². The smallest absolute Gasteiger partial charge is 0.326 e. The van der Waals surface area contributed by atoms with Gasteiger partial charge in [-0.3, -0.25) is 9.59 Å². The number of carbonyl (C=O) groups is 2. The van der Waals surface area contributed by atoms with E-state index in [0.29, 0.717) is 5.75 Å². The van der Waals surface area contributed by atoms with Crippen LogP contribution in [0.15, 0.2) is 42.2 Å². The second-order valence-electron chi connectivity index (χ2n) is 8.44. The zero-order valence-electron chi connectivity index (χ0n) is 15.7. The van der Waals surface area contributed by atoms with Gasteiger partial charge in [-0.1, -0.05) is 59.8 Å². The Hall–Kier alpha value is -2.36. The number of aliphatic hydroxyl groups excluding tert-OH is 1. The fourth-order valence-electron chi connectivity index (χ4n) is 2.61. The fraction of sp³-hybridized carbons (Fsp3) is 0.429. The zero-order valence-corrected chi connectivity index (χ0v) is 15.7. The molecule has 4 heteroatoms. The van der Waals surface area contributed by atoms with E-state index in [1.165, 1.54) is 12.2 Å². The number of carbonyl (C=O) groups excluding carboxylic acids is 2. The van der Waals surface area contributed by atoms with Crippen LogP contribution in [0.5, 0.6) is 5.75 Å². The SMILES string of the molecule is CC(C)(C)c1ccc(OC(=O)C2C=CC(O)=CC2=O)c(C(C)(C)C)c1. The molecule has 1 aliphatic carbocycles. The molecule has 2 rings (SSSR count). The van der Waals surface area contributed by atoms with Crippen molar-refractivity contribution in [2.45, 2.75) is 52.4 Å². The van der Waals surface area contributed by atoms with E-state index in [0.717, 1.165) is 17.2 Å². The van der Waals surface area contributed by atoms with Crippen LogP contribution in [-0.4, -0.2) is 16.9 Å². The lowest BCUT2D eigenvalue weighted by atomic mass is 9.80.